The minimum Gasteiger partial charge on any atom is -0.331 e. The van der Waals surface area contributed by atoms with Crippen LogP contribution in [0.4, 0.5) is 5.69 Å². The Morgan fingerprint density at radius 1 is 1.17 bits per heavy atom. The lowest BCUT2D eigenvalue weighted by Crippen LogP contribution is -2.24. The number of aromatic nitrogens is 2. The highest BCUT2D eigenvalue weighted by molar-refractivity contribution is 7.90. The zero-order valence-electron chi connectivity index (χ0n) is 15.7. The molecule has 1 amide bonds. The molecule has 148 valence electrons. The lowest BCUT2D eigenvalue weighted by atomic mass is 10.2. The fourth-order valence-electron chi connectivity index (χ4n) is 3.06. The Hall–Kier alpha value is -3.46. The molecule has 2 N–H and O–H groups in total. The Kier molecular flexibility index (Phi) is 4.89. The molecule has 0 bridgehead atoms. The number of nitrogens with zero attached hydrogens (tertiary/aromatic N) is 3. The van der Waals surface area contributed by atoms with Gasteiger partial charge >= 0.3 is 0 Å². The molecule has 0 fully saturated rings. The van der Waals surface area contributed by atoms with Gasteiger partial charge in [-0.3, -0.25) is 14.5 Å². The van der Waals surface area contributed by atoms with Gasteiger partial charge in [0.1, 0.15) is 18.2 Å². The number of hydrogen-bond acceptors (Lipinski definition) is 5. The number of aryl methyl sites for hydroxylation is 1. The van der Waals surface area contributed by atoms with E-state index in [4.69, 9.17) is 0 Å². The maximum atomic E-state index is 12.2. The van der Waals surface area contributed by atoms with E-state index in [9.17, 15) is 13.2 Å². The van der Waals surface area contributed by atoms with Crippen LogP contribution < -0.4 is 10.0 Å². The van der Waals surface area contributed by atoms with Crippen LogP contribution >= 0.6 is 0 Å². The Labute approximate surface area is 168 Å². The van der Waals surface area contributed by atoms with Crippen molar-refractivity contribution >= 4 is 27.5 Å². The average molecular weight is 409 g/mol. The number of hydrogen-bond donors (Lipinski definition) is 2. The molecule has 0 unspecified atom stereocenters. The van der Waals surface area contributed by atoms with Crippen molar-refractivity contribution in [3.63, 3.8) is 0 Å². The fraction of sp³-hybridized carbons (Fsp3) is 0.150. The molecule has 2 heterocycles. The van der Waals surface area contributed by atoms with E-state index in [1.807, 2.05) is 42.0 Å². The standard InChI is InChI=1S/C20H19N5O3S/c1-14-21-10-11-25(14)13-15-6-8-16(9-7-15)23-19(26)12-22-20-17-4-2-3-5-18(17)29(27,28)24-20/h2-11H,12-13H2,1H3,(H,22,24)(H,23,26). The Morgan fingerprint density at radius 3 is 2.66 bits per heavy atom. The summed E-state index contributed by atoms with van der Waals surface area (Å²) in [6.07, 6.45) is 3.67. The number of benzene rings is 2. The SMILES string of the molecule is Cc1nccn1Cc1ccc(NC(=O)CN=C2NS(=O)(=O)c3ccccc32)cc1. The van der Waals surface area contributed by atoms with Gasteiger partial charge in [-0.15, -0.1) is 0 Å². The summed E-state index contributed by atoms with van der Waals surface area (Å²) in [5.41, 5.74) is 2.20. The first-order valence-electron chi connectivity index (χ1n) is 8.95. The molecule has 8 nitrogen and oxygen atoms in total. The second-order valence-electron chi connectivity index (χ2n) is 6.61. The number of carbonyl (C=O) groups excluding carboxylic acids is 1. The number of nitrogens with one attached hydrogen (secondary N) is 2. The number of rotatable bonds is 5. The first-order chi connectivity index (χ1) is 13.9. The lowest BCUT2D eigenvalue weighted by molar-refractivity contribution is -0.114. The largest absolute Gasteiger partial charge is 0.331 e. The zero-order chi connectivity index (χ0) is 20.4. The van der Waals surface area contributed by atoms with Crippen molar-refractivity contribution < 1.29 is 13.2 Å². The lowest BCUT2D eigenvalue weighted by Gasteiger charge is -2.08. The second kappa shape index (κ2) is 7.51. The molecule has 0 saturated heterocycles. The van der Waals surface area contributed by atoms with Crippen LogP contribution in [0.1, 0.15) is 17.0 Å². The van der Waals surface area contributed by atoms with Gasteiger partial charge in [0, 0.05) is 30.2 Å². The molecule has 4 rings (SSSR count). The number of carbonyl (C=O) groups is 1. The van der Waals surface area contributed by atoms with E-state index in [0.29, 0.717) is 17.8 Å². The Bertz CT molecular complexity index is 1200. The molecule has 0 aliphatic carbocycles. The zero-order valence-corrected chi connectivity index (χ0v) is 16.5. The molecule has 1 aromatic heterocycles. The van der Waals surface area contributed by atoms with Gasteiger partial charge in [-0.1, -0.05) is 24.3 Å². The normalized spacial score (nSPS) is 15.7. The number of aliphatic imine (C=N–C) groups is 1. The van der Waals surface area contributed by atoms with Crippen LogP contribution in [0.5, 0.6) is 0 Å². The van der Waals surface area contributed by atoms with Crippen LogP contribution in [0.25, 0.3) is 0 Å². The van der Waals surface area contributed by atoms with Crippen molar-refractivity contribution in [2.24, 2.45) is 4.99 Å². The molecule has 0 atom stereocenters. The topological polar surface area (TPSA) is 105 Å². The van der Waals surface area contributed by atoms with Crippen molar-refractivity contribution in [2.75, 3.05) is 11.9 Å². The van der Waals surface area contributed by atoms with Crippen LogP contribution in [0, 0.1) is 6.92 Å². The quantitative estimate of drug-likeness (QED) is 0.671. The smallest absolute Gasteiger partial charge is 0.263 e. The third-order valence-corrected chi connectivity index (χ3v) is 5.95. The number of fused-ring (bicyclic) bond motifs is 1. The van der Waals surface area contributed by atoms with Gasteiger partial charge in [0.2, 0.25) is 5.91 Å². The highest BCUT2D eigenvalue weighted by atomic mass is 32.2. The van der Waals surface area contributed by atoms with E-state index in [-0.39, 0.29) is 23.2 Å². The van der Waals surface area contributed by atoms with Gasteiger partial charge in [-0.25, -0.2) is 13.4 Å². The van der Waals surface area contributed by atoms with E-state index in [2.05, 4.69) is 20.0 Å². The predicted molar refractivity (Wildman–Crippen MR) is 109 cm³/mol. The van der Waals surface area contributed by atoms with E-state index in [0.717, 1.165) is 11.4 Å². The van der Waals surface area contributed by atoms with Crippen LogP contribution in [0.3, 0.4) is 0 Å². The monoisotopic (exact) mass is 409 g/mol. The molecule has 0 saturated carbocycles. The summed E-state index contributed by atoms with van der Waals surface area (Å²) >= 11 is 0. The summed E-state index contributed by atoms with van der Waals surface area (Å²) in [4.78, 5) is 20.7. The van der Waals surface area contributed by atoms with Gasteiger partial charge in [0.15, 0.2) is 0 Å². The van der Waals surface area contributed by atoms with Gasteiger partial charge in [-0.2, -0.15) is 0 Å². The summed E-state index contributed by atoms with van der Waals surface area (Å²) < 4.78 is 28.5. The Morgan fingerprint density at radius 2 is 1.93 bits per heavy atom. The minimum absolute atomic E-state index is 0.169. The molecule has 1 aliphatic rings. The van der Waals surface area contributed by atoms with E-state index >= 15 is 0 Å². The maximum absolute atomic E-state index is 12.2. The number of amides is 1. The average Bonchev–Trinajstić information content (AvgIpc) is 3.22. The van der Waals surface area contributed by atoms with E-state index < -0.39 is 10.0 Å². The number of amidine groups is 1. The molecule has 29 heavy (non-hydrogen) atoms. The maximum Gasteiger partial charge on any atom is 0.263 e. The van der Waals surface area contributed by atoms with Gasteiger partial charge in [0.25, 0.3) is 10.0 Å². The van der Waals surface area contributed by atoms with Crippen LogP contribution in [-0.2, 0) is 21.4 Å². The second-order valence-corrected chi connectivity index (χ2v) is 8.26. The van der Waals surface area contributed by atoms with Gasteiger partial charge < -0.3 is 9.88 Å². The highest BCUT2D eigenvalue weighted by Crippen LogP contribution is 2.22. The van der Waals surface area contributed by atoms with Crippen LogP contribution in [-0.4, -0.2) is 36.3 Å². The molecule has 9 heteroatoms. The molecule has 0 spiro atoms. The fourth-order valence-corrected chi connectivity index (χ4v) is 4.31. The van der Waals surface area contributed by atoms with Crippen molar-refractivity contribution in [3.05, 3.63) is 77.9 Å². The number of imidazole rings is 1. The summed E-state index contributed by atoms with van der Waals surface area (Å²) in [5, 5.41) is 2.77. The molecular formula is C20H19N5O3S. The third-order valence-electron chi connectivity index (χ3n) is 4.56. The molecular weight excluding hydrogens is 390 g/mol. The van der Waals surface area contributed by atoms with Crippen molar-refractivity contribution in [3.8, 4) is 0 Å². The first kappa shape index (κ1) is 18.9. The summed E-state index contributed by atoms with van der Waals surface area (Å²) in [5.74, 6) is 0.784. The van der Waals surface area contributed by atoms with Gasteiger partial charge in [-0.05, 0) is 36.8 Å². The van der Waals surface area contributed by atoms with E-state index in [1.165, 1.54) is 6.07 Å². The predicted octanol–water partition coefficient (Wildman–Crippen LogP) is 1.92. The molecule has 3 aromatic rings. The van der Waals surface area contributed by atoms with Crippen LogP contribution in [0.15, 0.2) is 70.8 Å². The van der Waals surface area contributed by atoms with E-state index in [1.54, 1.807) is 24.4 Å². The summed E-state index contributed by atoms with van der Waals surface area (Å²) in [7, 11) is -3.61. The number of sulfonamides is 1. The molecule has 2 aromatic carbocycles. The van der Waals surface area contributed by atoms with Crippen molar-refractivity contribution in [1.82, 2.24) is 14.3 Å². The Balaban J connectivity index is 1.39. The minimum atomic E-state index is -3.61. The van der Waals surface area contributed by atoms with Crippen molar-refractivity contribution in [2.45, 2.75) is 18.4 Å². The van der Waals surface area contributed by atoms with Crippen molar-refractivity contribution in [1.29, 1.82) is 0 Å². The summed E-state index contributed by atoms with van der Waals surface area (Å²) in [6, 6.07) is 14.0. The third kappa shape index (κ3) is 4.04. The number of anilines is 1. The molecule has 1 aliphatic heterocycles. The summed E-state index contributed by atoms with van der Waals surface area (Å²) in [6.45, 7) is 2.45. The molecule has 0 radical (unpaired) electrons. The highest BCUT2D eigenvalue weighted by Gasteiger charge is 2.30. The van der Waals surface area contributed by atoms with Gasteiger partial charge in [0.05, 0.1) is 4.90 Å². The van der Waals surface area contributed by atoms with Crippen LogP contribution in [0.2, 0.25) is 0 Å². The first-order valence-corrected chi connectivity index (χ1v) is 10.4.